The average Bonchev–Trinajstić information content (AvgIpc) is 2.42. The van der Waals surface area contributed by atoms with Crippen LogP contribution in [-0.4, -0.2) is 52.7 Å². The summed E-state index contributed by atoms with van der Waals surface area (Å²) in [5, 5.41) is 19.7. The standard InChI is InChI=1S/C13H20N4O3/c1-4-5-9(13(19)20)8-14-11-7-6-10(15-16-11)12(18)17(2)3/h6-7,9H,4-5,8H2,1-3H3,(H,14,16)(H,19,20). The van der Waals surface area contributed by atoms with E-state index < -0.39 is 11.9 Å². The van der Waals surface area contributed by atoms with Gasteiger partial charge < -0.3 is 15.3 Å². The van der Waals surface area contributed by atoms with Crippen LogP contribution in [0.25, 0.3) is 0 Å². The van der Waals surface area contributed by atoms with Crippen LogP contribution in [0.2, 0.25) is 0 Å². The van der Waals surface area contributed by atoms with Crippen molar-refractivity contribution in [2.45, 2.75) is 19.8 Å². The van der Waals surface area contributed by atoms with E-state index in [0.717, 1.165) is 6.42 Å². The lowest BCUT2D eigenvalue weighted by Crippen LogP contribution is -2.24. The van der Waals surface area contributed by atoms with Gasteiger partial charge in [-0.15, -0.1) is 10.2 Å². The molecule has 0 aliphatic carbocycles. The van der Waals surface area contributed by atoms with Gasteiger partial charge in [0.1, 0.15) is 5.82 Å². The molecule has 0 aliphatic rings. The van der Waals surface area contributed by atoms with Crippen molar-refractivity contribution in [3.05, 3.63) is 17.8 Å². The second-order valence-corrected chi connectivity index (χ2v) is 4.71. The van der Waals surface area contributed by atoms with Crippen LogP contribution in [0.1, 0.15) is 30.3 Å². The first-order valence-corrected chi connectivity index (χ1v) is 6.47. The summed E-state index contributed by atoms with van der Waals surface area (Å²) in [6.45, 7) is 2.23. The van der Waals surface area contributed by atoms with Crippen LogP contribution in [-0.2, 0) is 4.79 Å². The highest BCUT2D eigenvalue weighted by molar-refractivity contribution is 5.91. The molecule has 0 fully saturated rings. The van der Waals surface area contributed by atoms with Crippen molar-refractivity contribution in [2.24, 2.45) is 5.92 Å². The average molecular weight is 280 g/mol. The Hall–Kier alpha value is -2.18. The van der Waals surface area contributed by atoms with Gasteiger partial charge >= 0.3 is 5.97 Å². The Balaban J connectivity index is 2.61. The predicted octanol–water partition coefficient (Wildman–Crippen LogP) is 1.09. The number of nitrogens with zero attached hydrogens (tertiary/aromatic N) is 3. The molecule has 110 valence electrons. The van der Waals surface area contributed by atoms with E-state index >= 15 is 0 Å². The molecule has 1 atom stereocenters. The van der Waals surface area contributed by atoms with Crippen LogP contribution in [0, 0.1) is 5.92 Å². The van der Waals surface area contributed by atoms with Crippen molar-refractivity contribution in [1.29, 1.82) is 0 Å². The molecule has 0 radical (unpaired) electrons. The quantitative estimate of drug-likeness (QED) is 0.776. The van der Waals surface area contributed by atoms with Crippen molar-refractivity contribution in [1.82, 2.24) is 15.1 Å². The lowest BCUT2D eigenvalue weighted by molar-refractivity contribution is -0.141. The summed E-state index contributed by atoms with van der Waals surface area (Å²) in [4.78, 5) is 24.0. The molecule has 0 saturated heterocycles. The number of anilines is 1. The molecule has 0 bridgehead atoms. The predicted molar refractivity (Wildman–Crippen MR) is 74.6 cm³/mol. The Bertz CT molecular complexity index is 459. The summed E-state index contributed by atoms with van der Waals surface area (Å²) in [7, 11) is 3.27. The van der Waals surface area contributed by atoms with E-state index in [2.05, 4.69) is 15.5 Å². The first-order chi connectivity index (χ1) is 9.45. The van der Waals surface area contributed by atoms with Gasteiger partial charge in [0.25, 0.3) is 5.91 Å². The molecular weight excluding hydrogens is 260 g/mol. The zero-order valence-electron chi connectivity index (χ0n) is 12.0. The maximum Gasteiger partial charge on any atom is 0.308 e. The third kappa shape index (κ3) is 4.49. The Morgan fingerprint density at radius 1 is 1.35 bits per heavy atom. The fraction of sp³-hybridized carbons (Fsp3) is 0.538. The topological polar surface area (TPSA) is 95.4 Å². The molecule has 1 unspecified atom stereocenters. The number of rotatable bonds is 7. The Kier molecular flexibility index (Phi) is 5.89. The molecule has 7 heteroatoms. The molecular formula is C13H20N4O3. The highest BCUT2D eigenvalue weighted by Gasteiger charge is 2.16. The van der Waals surface area contributed by atoms with Crippen LogP contribution >= 0.6 is 0 Å². The van der Waals surface area contributed by atoms with E-state index in [9.17, 15) is 9.59 Å². The van der Waals surface area contributed by atoms with Crippen molar-refractivity contribution in [3.63, 3.8) is 0 Å². The van der Waals surface area contributed by atoms with Crippen LogP contribution in [0.5, 0.6) is 0 Å². The summed E-state index contributed by atoms with van der Waals surface area (Å²) in [5.41, 5.74) is 0.254. The van der Waals surface area contributed by atoms with Gasteiger partial charge in [0.2, 0.25) is 0 Å². The number of carboxylic acid groups (broad SMARTS) is 1. The van der Waals surface area contributed by atoms with Crippen LogP contribution in [0.4, 0.5) is 5.82 Å². The molecule has 1 rings (SSSR count). The molecule has 7 nitrogen and oxygen atoms in total. The second-order valence-electron chi connectivity index (χ2n) is 4.71. The lowest BCUT2D eigenvalue weighted by Gasteiger charge is -2.13. The van der Waals surface area contributed by atoms with Crippen molar-refractivity contribution in [2.75, 3.05) is 26.0 Å². The molecule has 0 saturated carbocycles. The van der Waals surface area contributed by atoms with Crippen LogP contribution in [0.3, 0.4) is 0 Å². The van der Waals surface area contributed by atoms with Gasteiger partial charge in [-0.2, -0.15) is 0 Å². The third-order valence-corrected chi connectivity index (χ3v) is 2.81. The van der Waals surface area contributed by atoms with Gasteiger partial charge in [-0.3, -0.25) is 9.59 Å². The first kappa shape index (κ1) is 15.9. The number of carboxylic acids is 1. The molecule has 1 heterocycles. The molecule has 1 aromatic rings. The van der Waals surface area contributed by atoms with E-state index in [-0.39, 0.29) is 11.6 Å². The van der Waals surface area contributed by atoms with E-state index in [1.807, 2.05) is 6.92 Å². The van der Waals surface area contributed by atoms with E-state index in [4.69, 9.17) is 5.11 Å². The number of hydrogen-bond acceptors (Lipinski definition) is 5. The van der Waals surface area contributed by atoms with Gasteiger partial charge in [0.15, 0.2) is 5.69 Å². The van der Waals surface area contributed by atoms with Crippen molar-refractivity contribution >= 4 is 17.7 Å². The fourth-order valence-electron chi connectivity index (χ4n) is 1.66. The third-order valence-electron chi connectivity index (χ3n) is 2.81. The highest BCUT2D eigenvalue weighted by Crippen LogP contribution is 2.09. The second kappa shape index (κ2) is 7.42. The zero-order valence-corrected chi connectivity index (χ0v) is 12.0. The maximum absolute atomic E-state index is 11.6. The van der Waals surface area contributed by atoms with Gasteiger partial charge in [0, 0.05) is 20.6 Å². The molecule has 0 aromatic carbocycles. The Morgan fingerprint density at radius 3 is 2.50 bits per heavy atom. The minimum atomic E-state index is -0.827. The molecule has 0 aliphatic heterocycles. The lowest BCUT2D eigenvalue weighted by atomic mass is 10.0. The minimum Gasteiger partial charge on any atom is -0.481 e. The number of carbonyl (C=O) groups is 2. The zero-order chi connectivity index (χ0) is 15.1. The minimum absolute atomic E-state index is 0.224. The van der Waals surface area contributed by atoms with Crippen molar-refractivity contribution < 1.29 is 14.7 Å². The number of hydrogen-bond donors (Lipinski definition) is 2. The summed E-state index contributed by atoms with van der Waals surface area (Å²) < 4.78 is 0. The fourth-order valence-corrected chi connectivity index (χ4v) is 1.66. The number of amides is 1. The molecule has 0 spiro atoms. The summed E-state index contributed by atoms with van der Waals surface area (Å²) >= 11 is 0. The van der Waals surface area contributed by atoms with Gasteiger partial charge in [-0.25, -0.2) is 0 Å². The van der Waals surface area contributed by atoms with Gasteiger partial charge in [-0.1, -0.05) is 13.3 Å². The Morgan fingerprint density at radius 2 is 2.05 bits per heavy atom. The smallest absolute Gasteiger partial charge is 0.308 e. The molecule has 2 N–H and O–H groups in total. The Labute approximate surface area is 118 Å². The van der Waals surface area contributed by atoms with Crippen LogP contribution in [0.15, 0.2) is 12.1 Å². The SMILES string of the molecule is CCCC(CNc1ccc(C(=O)N(C)C)nn1)C(=O)O. The number of carbonyl (C=O) groups excluding carboxylic acids is 1. The first-order valence-electron chi connectivity index (χ1n) is 6.47. The number of aromatic nitrogens is 2. The summed E-state index contributed by atoms with van der Waals surface area (Å²) in [6, 6.07) is 3.18. The summed E-state index contributed by atoms with van der Waals surface area (Å²) in [6.07, 6.45) is 1.41. The number of nitrogens with one attached hydrogen (secondary N) is 1. The summed E-state index contributed by atoms with van der Waals surface area (Å²) in [5.74, 6) is -1.04. The normalized spacial score (nSPS) is 11.8. The monoisotopic (exact) mass is 280 g/mol. The van der Waals surface area contributed by atoms with Crippen LogP contribution < -0.4 is 5.32 Å². The number of aliphatic carboxylic acids is 1. The molecule has 1 aromatic heterocycles. The molecule has 1 amide bonds. The molecule has 20 heavy (non-hydrogen) atoms. The van der Waals surface area contributed by atoms with E-state index in [0.29, 0.717) is 18.8 Å². The highest BCUT2D eigenvalue weighted by atomic mass is 16.4. The van der Waals surface area contributed by atoms with Gasteiger partial charge in [-0.05, 0) is 18.6 Å². The van der Waals surface area contributed by atoms with Gasteiger partial charge in [0.05, 0.1) is 5.92 Å². The van der Waals surface area contributed by atoms with Crippen molar-refractivity contribution in [3.8, 4) is 0 Å². The van der Waals surface area contributed by atoms with E-state index in [1.54, 1.807) is 26.2 Å². The maximum atomic E-state index is 11.6. The largest absolute Gasteiger partial charge is 0.481 e. The van der Waals surface area contributed by atoms with E-state index in [1.165, 1.54) is 4.90 Å².